The number of hydrogen-bond donors (Lipinski definition) is 2. The van der Waals surface area contributed by atoms with Crippen LogP contribution in [0.25, 0.3) is 0 Å². The Bertz CT molecular complexity index is 365. The molecule has 1 heterocycles. The molecule has 1 aromatic heterocycles. The molecule has 0 radical (unpaired) electrons. The van der Waals surface area contributed by atoms with Crippen molar-refractivity contribution in [2.75, 3.05) is 6.54 Å². The zero-order valence-corrected chi connectivity index (χ0v) is 11.7. The van der Waals surface area contributed by atoms with Crippen LogP contribution in [0.15, 0.2) is 11.4 Å². The molecular formula is C9H11IN2OS2. The van der Waals surface area contributed by atoms with Crippen LogP contribution in [0.4, 0.5) is 0 Å². The molecule has 1 rings (SSSR count). The van der Waals surface area contributed by atoms with Crippen LogP contribution in [0.1, 0.15) is 23.2 Å². The second-order valence-electron chi connectivity index (χ2n) is 2.97. The third-order valence-corrected chi connectivity index (χ3v) is 3.71. The highest BCUT2D eigenvalue weighted by Crippen LogP contribution is 2.16. The first-order chi connectivity index (χ1) is 7.09. The van der Waals surface area contributed by atoms with Crippen LogP contribution in [-0.2, 0) is 0 Å². The largest absolute Gasteiger partial charge is 0.393 e. The molecule has 0 bridgehead atoms. The molecule has 0 fully saturated rings. The number of halogens is 1. The average molecular weight is 354 g/mol. The van der Waals surface area contributed by atoms with E-state index in [1.165, 1.54) is 0 Å². The van der Waals surface area contributed by atoms with Crippen LogP contribution in [0, 0.1) is 2.88 Å². The normalized spacial score (nSPS) is 9.93. The van der Waals surface area contributed by atoms with E-state index in [2.05, 4.69) is 27.9 Å². The van der Waals surface area contributed by atoms with Crippen LogP contribution in [0.3, 0.4) is 0 Å². The summed E-state index contributed by atoms with van der Waals surface area (Å²) < 4.78 is 1.11. The molecule has 0 aromatic carbocycles. The number of thiophene rings is 1. The number of hydrogen-bond acceptors (Lipinski definition) is 3. The Kier molecular flexibility index (Phi) is 5.48. The van der Waals surface area contributed by atoms with Gasteiger partial charge in [0.25, 0.3) is 5.91 Å². The maximum absolute atomic E-state index is 11.5. The van der Waals surface area contributed by atoms with Crippen molar-refractivity contribution in [3.05, 3.63) is 19.9 Å². The van der Waals surface area contributed by atoms with Gasteiger partial charge in [-0.05, 0) is 41.5 Å². The molecule has 0 unspecified atom stereocenters. The van der Waals surface area contributed by atoms with Crippen LogP contribution >= 0.6 is 46.1 Å². The van der Waals surface area contributed by atoms with Crippen molar-refractivity contribution < 1.29 is 4.79 Å². The molecule has 0 atom stereocenters. The summed E-state index contributed by atoms with van der Waals surface area (Å²) in [6.45, 7) is 0.614. The topological polar surface area (TPSA) is 55.1 Å². The van der Waals surface area contributed by atoms with Gasteiger partial charge in [0, 0.05) is 11.9 Å². The maximum Gasteiger partial charge on any atom is 0.252 e. The third kappa shape index (κ3) is 4.89. The minimum Gasteiger partial charge on any atom is -0.393 e. The van der Waals surface area contributed by atoms with E-state index < -0.39 is 0 Å². The number of amides is 1. The predicted molar refractivity (Wildman–Crippen MR) is 75.4 cm³/mol. The van der Waals surface area contributed by atoms with Gasteiger partial charge in [0.15, 0.2) is 0 Å². The van der Waals surface area contributed by atoms with Crippen molar-refractivity contribution in [2.24, 2.45) is 5.73 Å². The van der Waals surface area contributed by atoms with E-state index in [1.54, 1.807) is 11.3 Å². The van der Waals surface area contributed by atoms with Gasteiger partial charge in [0.1, 0.15) is 0 Å². The lowest BCUT2D eigenvalue weighted by Gasteiger charge is -2.02. The first-order valence-electron chi connectivity index (χ1n) is 4.40. The molecule has 1 amide bonds. The van der Waals surface area contributed by atoms with Crippen molar-refractivity contribution in [3.8, 4) is 0 Å². The smallest absolute Gasteiger partial charge is 0.252 e. The molecule has 0 saturated heterocycles. The summed E-state index contributed by atoms with van der Waals surface area (Å²) in [6.07, 6.45) is 1.47. The van der Waals surface area contributed by atoms with Gasteiger partial charge < -0.3 is 11.1 Å². The minimum atomic E-state index is -0.0305. The molecule has 0 spiro atoms. The van der Waals surface area contributed by atoms with E-state index in [-0.39, 0.29) is 5.91 Å². The summed E-state index contributed by atoms with van der Waals surface area (Å²) in [5.74, 6) is -0.0305. The van der Waals surface area contributed by atoms with Crippen LogP contribution in [0.2, 0.25) is 0 Å². The SMILES string of the molecule is NC(=S)CCCNC(=O)c1csc(I)c1. The standard InChI is InChI=1S/C9H11IN2OS2/c10-7-4-6(5-15-7)9(13)12-3-1-2-8(11)14/h4-5H,1-3H2,(H2,11,14)(H,12,13). The molecule has 15 heavy (non-hydrogen) atoms. The Labute approximate surface area is 112 Å². The van der Waals surface area contributed by atoms with Crippen molar-refractivity contribution in [1.29, 1.82) is 0 Å². The van der Waals surface area contributed by atoms with Crippen molar-refractivity contribution in [3.63, 3.8) is 0 Å². The number of carbonyl (C=O) groups is 1. The summed E-state index contributed by atoms with van der Waals surface area (Å²) in [7, 11) is 0. The van der Waals surface area contributed by atoms with E-state index in [4.69, 9.17) is 18.0 Å². The van der Waals surface area contributed by atoms with Crippen LogP contribution in [0.5, 0.6) is 0 Å². The van der Waals surface area contributed by atoms with Crippen molar-refractivity contribution in [2.45, 2.75) is 12.8 Å². The van der Waals surface area contributed by atoms with Gasteiger partial charge in [0.05, 0.1) is 13.4 Å². The van der Waals surface area contributed by atoms with E-state index in [9.17, 15) is 4.79 Å². The first kappa shape index (κ1) is 12.9. The molecule has 0 aliphatic rings. The number of thiocarbonyl (C=S) groups is 1. The lowest BCUT2D eigenvalue weighted by Crippen LogP contribution is -2.24. The predicted octanol–water partition coefficient (Wildman–Crippen LogP) is 2.15. The Morgan fingerprint density at radius 3 is 2.93 bits per heavy atom. The van der Waals surface area contributed by atoms with Gasteiger partial charge >= 0.3 is 0 Å². The Morgan fingerprint density at radius 2 is 2.40 bits per heavy atom. The first-order valence-corrected chi connectivity index (χ1v) is 6.77. The number of nitrogens with two attached hydrogens (primary N) is 1. The highest BCUT2D eigenvalue weighted by Gasteiger charge is 2.06. The summed E-state index contributed by atoms with van der Waals surface area (Å²) in [5.41, 5.74) is 6.07. The fourth-order valence-electron chi connectivity index (χ4n) is 0.996. The summed E-state index contributed by atoms with van der Waals surface area (Å²) in [5, 5.41) is 4.67. The molecule has 0 aliphatic carbocycles. The summed E-state index contributed by atoms with van der Waals surface area (Å²) in [4.78, 5) is 12.0. The number of carbonyl (C=O) groups excluding carboxylic acids is 1. The lowest BCUT2D eigenvalue weighted by atomic mass is 10.3. The van der Waals surface area contributed by atoms with Gasteiger partial charge in [0.2, 0.25) is 0 Å². The highest BCUT2D eigenvalue weighted by molar-refractivity contribution is 14.1. The fourth-order valence-corrected chi connectivity index (χ4v) is 2.47. The second kappa shape index (κ2) is 6.39. The Balaban J connectivity index is 2.28. The van der Waals surface area contributed by atoms with Crippen LogP contribution in [-0.4, -0.2) is 17.4 Å². The molecule has 1 aromatic rings. The van der Waals surface area contributed by atoms with Crippen LogP contribution < -0.4 is 11.1 Å². The summed E-state index contributed by atoms with van der Waals surface area (Å²) in [6, 6.07) is 1.87. The molecule has 0 aliphatic heterocycles. The van der Waals surface area contributed by atoms with E-state index >= 15 is 0 Å². The van der Waals surface area contributed by atoms with Crippen molar-refractivity contribution >= 4 is 57.0 Å². The minimum absolute atomic E-state index is 0.0305. The van der Waals surface area contributed by atoms with Gasteiger partial charge in [-0.3, -0.25) is 4.79 Å². The second-order valence-corrected chi connectivity index (χ2v) is 6.30. The van der Waals surface area contributed by atoms with Crippen molar-refractivity contribution in [1.82, 2.24) is 5.32 Å². The number of nitrogens with one attached hydrogen (secondary N) is 1. The molecule has 6 heteroatoms. The van der Waals surface area contributed by atoms with Gasteiger partial charge in [-0.1, -0.05) is 12.2 Å². The lowest BCUT2D eigenvalue weighted by molar-refractivity contribution is 0.0954. The quantitative estimate of drug-likeness (QED) is 0.484. The number of rotatable bonds is 5. The molecule has 0 saturated carbocycles. The van der Waals surface area contributed by atoms with E-state index in [0.717, 1.165) is 14.9 Å². The molecule has 3 N–H and O–H groups in total. The van der Waals surface area contributed by atoms with E-state index in [0.29, 0.717) is 18.0 Å². The van der Waals surface area contributed by atoms with Gasteiger partial charge in [-0.2, -0.15) is 0 Å². The zero-order valence-electron chi connectivity index (χ0n) is 7.96. The Hall–Kier alpha value is -0.210. The fraction of sp³-hybridized carbons (Fsp3) is 0.333. The zero-order chi connectivity index (χ0) is 11.3. The van der Waals surface area contributed by atoms with Gasteiger partial charge in [-0.15, -0.1) is 11.3 Å². The van der Waals surface area contributed by atoms with E-state index in [1.807, 2.05) is 11.4 Å². The van der Waals surface area contributed by atoms with Gasteiger partial charge in [-0.25, -0.2) is 0 Å². The molecule has 82 valence electrons. The average Bonchev–Trinajstić information content (AvgIpc) is 2.59. The molecule has 3 nitrogen and oxygen atoms in total. The highest BCUT2D eigenvalue weighted by atomic mass is 127. The monoisotopic (exact) mass is 354 g/mol. The maximum atomic E-state index is 11.5. The third-order valence-electron chi connectivity index (χ3n) is 1.72. The Morgan fingerprint density at radius 1 is 1.67 bits per heavy atom. The molecular weight excluding hydrogens is 343 g/mol. The summed E-state index contributed by atoms with van der Waals surface area (Å²) >= 11 is 8.49.